The first-order chi connectivity index (χ1) is 7.69. The molecule has 16 heavy (non-hydrogen) atoms. The van der Waals surface area contributed by atoms with E-state index in [9.17, 15) is 9.59 Å². The molecule has 1 fully saturated rings. The Labute approximate surface area is 98.2 Å². The smallest absolute Gasteiger partial charge is 0.345 e. The Hall–Kier alpha value is -1.38. The zero-order valence-electron chi connectivity index (χ0n) is 11.1. The summed E-state index contributed by atoms with van der Waals surface area (Å²) in [5.74, 6) is -1.01. The fourth-order valence-corrected chi connectivity index (χ4v) is 1.14. The van der Waals surface area contributed by atoms with E-state index in [0.29, 0.717) is 5.57 Å². The second kappa shape index (κ2) is 10.1. The molecule has 0 N–H and O–H groups in total. The Bertz CT molecular complexity index is 286. The Morgan fingerprint density at radius 1 is 1.00 bits per heavy atom. The Morgan fingerprint density at radius 3 is 1.88 bits per heavy atom. The van der Waals surface area contributed by atoms with Crippen LogP contribution in [0.1, 0.15) is 48.0 Å². The molecule has 3 heteroatoms. The maximum Gasteiger partial charge on any atom is 0.345 e. The lowest BCUT2D eigenvalue weighted by molar-refractivity contribution is -0.157. The molecule has 0 aromatic carbocycles. The van der Waals surface area contributed by atoms with Crippen LogP contribution in [-0.2, 0) is 14.3 Å². The van der Waals surface area contributed by atoms with Gasteiger partial charge in [0, 0.05) is 0 Å². The highest BCUT2D eigenvalue weighted by atomic mass is 16.6. The maximum absolute atomic E-state index is 11.1. The van der Waals surface area contributed by atoms with Crippen LogP contribution in [0.4, 0.5) is 0 Å². The van der Waals surface area contributed by atoms with E-state index in [1.807, 2.05) is 27.7 Å². The highest BCUT2D eigenvalue weighted by molar-refractivity contribution is 6.04. The van der Waals surface area contributed by atoms with Gasteiger partial charge in [-0.25, -0.2) is 4.79 Å². The van der Waals surface area contributed by atoms with E-state index in [1.165, 1.54) is 0 Å². The highest BCUT2D eigenvalue weighted by Gasteiger charge is 2.25. The van der Waals surface area contributed by atoms with E-state index in [-0.39, 0.29) is 6.42 Å². The molecule has 1 heterocycles. The molecular formula is C13H22O3. The minimum absolute atomic E-state index is 0.196. The van der Waals surface area contributed by atoms with Gasteiger partial charge in [0.25, 0.3) is 0 Å². The minimum Gasteiger partial charge on any atom is -0.389 e. The summed E-state index contributed by atoms with van der Waals surface area (Å²) in [5.41, 5.74) is 1.25. The van der Waals surface area contributed by atoms with Gasteiger partial charge in [0.15, 0.2) is 0 Å². The van der Waals surface area contributed by atoms with E-state index < -0.39 is 11.9 Å². The number of cyclic esters (lactones) is 2. The number of carbonyl (C=O) groups is 2. The van der Waals surface area contributed by atoms with Crippen molar-refractivity contribution in [3.63, 3.8) is 0 Å². The number of allylic oxidation sites excluding steroid dienone is 2. The normalized spacial score (nSPS) is 19.4. The number of hydrogen-bond donors (Lipinski definition) is 0. The van der Waals surface area contributed by atoms with Gasteiger partial charge in [0.05, 0.1) is 12.0 Å². The van der Waals surface area contributed by atoms with Crippen LogP contribution in [0, 0.1) is 0 Å². The third kappa shape index (κ3) is 4.91. The van der Waals surface area contributed by atoms with E-state index >= 15 is 0 Å². The van der Waals surface area contributed by atoms with Gasteiger partial charge in [-0.15, -0.1) is 0 Å². The Kier molecular flexibility index (Phi) is 10.8. The van der Waals surface area contributed by atoms with Crippen LogP contribution in [0.2, 0.25) is 0 Å². The predicted octanol–water partition coefficient (Wildman–Crippen LogP) is 3.40. The van der Waals surface area contributed by atoms with Crippen molar-refractivity contribution >= 4 is 11.9 Å². The van der Waals surface area contributed by atoms with Gasteiger partial charge in [-0.2, -0.15) is 0 Å². The largest absolute Gasteiger partial charge is 0.389 e. The van der Waals surface area contributed by atoms with Crippen LogP contribution in [0.3, 0.4) is 0 Å². The molecule has 1 aliphatic rings. The number of carbonyl (C=O) groups excluding carboxylic acids is 2. The van der Waals surface area contributed by atoms with Gasteiger partial charge in [0.2, 0.25) is 0 Å². The average Bonchev–Trinajstić information content (AvgIpc) is 2.33. The molecule has 0 amide bonds. The molecule has 3 nitrogen and oxygen atoms in total. The van der Waals surface area contributed by atoms with Crippen molar-refractivity contribution in [2.45, 2.75) is 48.0 Å². The van der Waals surface area contributed by atoms with Crippen molar-refractivity contribution in [2.75, 3.05) is 0 Å². The summed E-state index contributed by atoms with van der Waals surface area (Å²) in [6.07, 6.45) is 3.61. The van der Waals surface area contributed by atoms with Gasteiger partial charge in [0.1, 0.15) is 0 Å². The molecule has 0 aliphatic carbocycles. The third-order valence-electron chi connectivity index (χ3n) is 1.74. The first-order valence-corrected chi connectivity index (χ1v) is 5.76. The number of rotatable bonds is 0. The van der Waals surface area contributed by atoms with Crippen LogP contribution in [-0.4, -0.2) is 11.9 Å². The first kappa shape index (κ1) is 17.0. The lowest BCUT2D eigenvalue weighted by Crippen LogP contribution is -2.22. The van der Waals surface area contributed by atoms with Crippen LogP contribution in [0.15, 0.2) is 23.3 Å². The molecule has 0 aromatic heterocycles. The minimum atomic E-state index is -0.540. The van der Waals surface area contributed by atoms with Crippen molar-refractivity contribution in [1.82, 2.24) is 0 Å². The molecule has 0 spiro atoms. The predicted molar refractivity (Wildman–Crippen MR) is 65.9 cm³/mol. The number of esters is 2. The summed E-state index contributed by atoms with van der Waals surface area (Å²) in [5, 5.41) is 0. The van der Waals surface area contributed by atoms with Crippen molar-refractivity contribution in [1.29, 1.82) is 0 Å². The zero-order valence-corrected chi connectivity index (χ0v) is 11.1. The number of hydrogen-bond acceptors (Lipinski definition) is 3. The molecule has 1 aliphatic heterocycles. The molecule has 92 valence electrons. The second-order valence-electron chi connectivity index (χ2n) is 2.45. The van der Waals surface area contributed by atoms with Gasteiger partial charge < -0.3 is 4.74 Å². The van der Waals surface area contributed by atoms with E-state index in [4.69, 9.17) is 0 Å². The summed E-state index contributed by atoms with van der Waals surface area (Å²) < 4.78 is 4.43. The molecule has 0 radical (unpaired) electrons. The van der Waals surface area contributed by atoms with Crippen molar-refractivity contribution in [3.8, 4) is 0 Å². The molecule has 0 saturated carbocycles. The zero-order chi connectivity index (χ0) is 13.1. The van der Waals surface area contributed by atoms with Crippen molar-refractivity contribution in [3.05, 3.63) is 23.3 Å². The topological polar surface area (TPSA) is 43.4 Å². The summed E-state index contributed by atoms with van der Waals surface area (Å²) in [7, 11) is 0. The summed E-state index contributed by atoms with van der Waals surface area (Å²) >= 11 is 0. The third-order valence-corrected chi connectivity index (χ3v) is 1.74. The average molecular weight is 226 g/mol. The Morgan fingerprint density at radius 2 is 1.50 bits per heavy atom. The van der Waals surface area contributed by atoms with E-state index in [0.717, 1.165) is 5.57 Å². The van der Waals surface area contributed by atoms with Gasteiger partial charge >= 0.3 is 11.9 Å². The van der Waals surface area contributed by atoms with E-state index in [1.54, 1.807) is 26.0 Å². The van der Waals surface area contributed by atoms with Crippen LogP contribution in [0.5, 0.6) is 0 Å². The van der Waals surface area contributed by atoms with Gasteiger partial charge in [-0.05, 0) is 19.4 Å². The highest BCUT2D eigenvalue weighted by Crippen LogP contribution is 2.21. The van der Waals surface area contributed by atoms with Crippen molar-refractivity contribution < 1.29 is 14.3 Å². The van der Waals surface area contributed by atoms with Crippen LogP contribution in [0.25, 0.3) is 0 Å². The lowest BCUT2D eigenvalue weighted by Gasteiger charge is -2.14. The molecule has 0 bridgehead atoms. The maximum atomic E-state index is 11.1. The molecule has 0 atom stereocenters. The van der Waals surface area contributed by atoms with Crippen LogP contribution < -0.4 is 0 Å². The standard InChI is InChI=1S/C9H10O3.2C2H6/c1-3-6-5-8(10)12-9(11)7(6)4-2;2*1-2/h3-4H,5H2,1-2H3;2*1-2H3/b6-3-,7-4+;;. The van der Waals surface area contributed by atoms with Crippen LogP contribution >= 0.6 is 0 Å². The fourth-order valence-electron chi connectivity index (χ4n) is 1.14. The van der Waals surface area contributed by atoms with E-state index in [2.05, 4.69) is 4.74 Å². The first-order valence-electron chi connectivity index (χ1n) is 5.76. The Balaban J connectivity index is 0. The molecular weight excluding hydrogens is 204 g/mol. The van der Waals surface area contributed by atoms with Crippen molar-refractivity contribution in [2.24, 2.45) is 0 Å². The molecule has 0 aromatic rings. The molecule has 0 unspecified atom stereocenters. The SMILES string of the molecule is C/C=C1/CC(=O)OC(=O)/C1=C/C.CC.CC. The summed E-state index contributed by atoms with van der Waals surface area (Å²) in [6.45, 7) is 11.5. The second-order valence-corrected chi connectivity index (χ2v) is 2.45. The summed E-state index contributed by atoms with van der Waals surface area (Å²) in [6, 6.07) is 0. The number of ether oxygens (including phenoxy) is 1. The molecule has 1 rings (SSSR count). The lowest BCUT2D eigenvalue weighted by atomic mass is 10.0. The van der Waals surface area contributed by atoms with Gasteiger partial charge in [-0.3, -0.25) is 4.79 Å². The quantitative estimate of drug-likeness (QED) is 0.361. The fraction of sp³-hybridized carbons (Fsp3) is 0.538. The summed E-state index contributed by atoms with van der Waals surface area (Å²) in [4.78, 5) is 21.8. The molecule has 1 saturated heterocycles. The monoisotopic (exact) mass is 226 g/mol. The van der Waals surface area contributed by atoms with Gasteiger partial charge in [-0.1, -0.05) is 39.8 Å².